The van der Waals surface area contributed by atoms with E-state index in [1.54, 1.807) is 13.7 Å². The van der Waals surface area contributed by atoms with Gasteiger partial charge in [0.25, 0.3) is 6.71 Å². The average Bonchev–Trinajstić information content (AvgIpc) is 0.730. The van der Waals surface area contributed by atoms with E-state index in [1.165, 1.54) is 9.80 Å². The van der Waals surface area contributed by atoms with Crippen molar-refractivity contribution in [3.8, 4) is 17.1 Å². The van der Waals surface area contributed by atoms with Crippen molar-refractivity contribution in [3.63, 3.8) is 0 Å². The highest BCUT2D eigenvalue weighted by Crippen LogP contribution is 2.50. The van der Waals surface area contributed by atoms with E-state index in [0.29, 0.717) is 43.9 Å². The molecule has 0 radical (unpaired) electrons. The number of fused-ring (bicyclic) bond motifs is 13. The van der Waals surface area contributed by atoms with Crippen molar-refractivity contribution < 1.29 is 24.7 Å². The zero-order valence-corrected chi connectivity index (χ0v) is 58.2. The van der Waals surface area contributed by atoms with Crippen LogP contribution in [-0.4, -0.2) is 20.4 Å². The van der Waals surface area contributed by atoms with Crippen molar-refractivity contribution in [2.24, 2.45) is 0 Å². The molecule has 0 atom stereocenters. The molecule has 0 saturated carbocycles. The Kier molecular flexibility index (Phi) is 9.68. The second-order valence-corrected chi connectivity index (χ2v) is 32.6. The van der Waals surface area contributed by atoms with Crippen LogP contribution in [0.25, 0.3) is 82.5 Å². The maximum Gasteiger partial charge on any atom is 0.252 e. The first-order chi connectivity index (χ1) is 52.9. The smallest absolute Gasteiger partial charge is 0.252 e. The van der Waals surface area contributed by atoms with Crippen molar-refractivity contribution in [1.82, 2.24) is 13.7 Å². The van der Waals surface area contributed by atoms with Crippen LogP contribution in [0.4, 0.5) is 34.1 Å². The summed E-state index contributed by atoms with van der Waals surface area (Å²) in [6.07, 6.45) is 0. The van der Waals surface area contributed by atoms with Crippen LogP contribution in [0.15, 0.2) is 218 Å². The summed E-state index contributed by atoms with van der Waals surface area (Å²) in [6, 6.07) is 23.4. The highest BCUT2D eigenvalue weighted by atomic mass is 15.2. The van der Waals surface area contributed by atoms with Crippen LogP contribution in [0.2, 0.25) is 0 Å². The van der Waals surface area contributed by atoms with Crippen molar-refractivity contribution in [3.05, 3.63) is 251 Å². The molecule has 0 N–H and O–H groups in total. The zero-order chi connectivity index (χ0) is 82.9. The van der Waals surface area contributed by atoms with E-state index in [4.69, 9.17) is 2.74 Å². The van der Waals surface area contributed by atoms with Crippen molar-refractivity contribution >= 4 is 123 Å². The predicted octanol–water partition coefficient (Wildman–Crippen LogP) is 22.8. The van der Waals surface area contributed by atoms with Crippen LogP contribution in [0.5, 0.6) is 0 Å². The Hall–Kier alpha value is -9.52. The van der Waals surface area contributed by atoms with E-state index >= 15 is 0 Å². The highest BCUT2D eigenvalue weighted by Gasteiger charge is 2.45. The number of para-hydroxylation sites is 2. The summed E-state index contributed by atoms with van der Waals surface area (Å²) in [5, 5.41) is 4.35. The molecule has 5 nitrogen and oxygen atoms in total. The zero-order valence-electron chi connectivity index (χ0n) is 76.2. The number of hydrogen-bond acceptors (Lipinski definition) is 2. The molecule has 5 heterocycles. The fourth-order valence-corrected chi connectivity index (χ4v) is 14.4. The Morgan fingerprint density at radius 3 is 0.854 bits per heavy atom. The molecule has 11 aromatic carbocycles. The SMILES string of the molecule is [2H]c1c([2H])c([2H])c(N2c3c([2H])c(-n4c5cc(C(C)(C)C)ccc5c5ccc(C(C)(C)C)cc54)c([2H])c([2H])c3B3c4c([2H])c([2H])c(-n5c6cc(C(C)(C)C)ccc6c6ccc(C(C)(C)C)cc65)c([2H])c4N(c4c([2H])c([2H])c([2H])c([2H])c4[2H])c4c([2H])c(-n5c6ccc(C(C)(C)C)cc6c6cc(C(C)(C)C)ccc65)c([2H])c2c43)c([2H])c1[2H]. The van der Waals surface area contributed by atoms with Gasteiger partial charge in [0.2, 0.25) is 0 Å². The maximum atomic E-state index is 11.6. The van der Waals surface area contributed by atoms with E-state index in [9.17, 15) is 21.9 Å². The minimum atomic E-state index is -1.84. The summed E-state index contributed by atoms with van der Waals surface area (Å²) in [4.78, 5) is 2.39. The first kappa shape index (κ1) is 44.3. The number of rotatable bonds is 5. The maximum absolute atomic E-state index is 11.6. The summed E-state index contributed by atoms with van der Waals surface area (Å²) in [5.74, 6) is 0. The van der Waals surface area contributed by atoms with Gasteiger partial charge in [0, 0.05) is 77.8 Å². The van der Waals surface area contributed by atoms with E-state index in [-0.39, 0.29) is 56.2 Å². The summed E-state index contributed by atoms with van der Waals surface area (Å²) in [7, 11) is 0. The Bertz CT molecular complexity index is 6090. The van der Waals surface area contributed by atoms with Crippen molar-refractivity contribution in [1.29, 1.82) is 0 Å². The standard InChI is InChI=1S/C90H90BN5/c1-85(2,3)55-33-43-74-70(45-55)71-46-56(86(4,5)6)34-44-75(71)96(74)65-53-82-84-83(54-65)93(62-27-23-20-24-28-62)81-52-64(95-78-49-59(89(13,14)15)31-39-68(78)69-40-32-60(50-79(69)95)90(16,17)18)36-42-73(81)91(84)72-41-35-63(51-80(72)92(82)61-25-21-19-22-26-61)94-76-47-57(87(7,8)9)29-37-66(76)67-38-30-58(48-77(67)94)88(10,11)12/h19-54H,1-18H3/i19D,20D,21D,22D,23D,24D,25D,26D,27D,28D,35D,36D,41D,42D,51D,52D,53D,54D. The van der Waals surface area contributed by atoms with Gasteiger partial charge in [0.15, 0.2) is 0 Å². The molecule has 16 rings (SSSR count). The van der Waals surface area contributed by atoms with Crippen molar-refractivity contribution in [2.75, 3.05) is 9.80 Å². The predicted molar refractivity (Wildman–Crippen MR) is 416 cm³/mol. The molecule has 0 spiro atoms. The van der Waals surface area contributed by atoms with Gasteiger partial charge >= 0.3 is 0 Å². The van der Waals surface area contributed by atoms with Gasteiger partial charge in [-0.05, 0) is 191 Å². The minimum absolute atomic E-state index is 0.177. The first-order valence-electron chi connectivity index (χ1n) is 42.4. The van der Waals surface area contributed by atoms with Crippen LogP contribution in [0.3, 0.4) is 0 Å². The van der Waals surface area contributed by atoms with Gasteiger partial charge in [-0.15, -0.1) is 0 Å². The number of anilines is 6. The molecule has 0 saturated heterocycles. The molecule has 14 aromatic rings. The van der Waals surface area contributed by atoms with E-state index < -0.39 is 159 Å². The van der Waals surface area contributed by atoms with Crippen LogP contribution in [-0.2, 0) is 32.5 Å². The third kappa shape index (κ3) is 9.69. The van der Waals surface area contributed by atoms with Gasteiger partial charge in [-0.3, -0.25) is 0 Å². The fourth-order valence-electron chi connectivity index (χ4n) is 14.4. The second-order valence-electron chi connectivity index (χ2n) is 32.6. The van der Waals surface area contributed by atoms with Crippen LogP contribution in [0.1, 0.15) is 183 Å². The minimum Gasteiger partial charge on any atom is -0.311 e. The molecule has 0 unspecified atom stereocenters. The molecule has 478 valence electrons. The molecule has 0 bridgehead atoms. The Balaban J connectivity index is 1.20. The Labute approximate surface area is 594 Å². The van der Waals surface area contributed by atoms with E-state index in [0.717, 1.165) is 54.9 Å². The molecule has 2 aliphatic rings. The molecule has 6 heteroatoms. The lowest BCUT2D eigenvalue weighted by atomic mass is 9.33. The third-order valence-corrected chi connectivity index (χ3v) is 19.9. The molecule has 96 heavy (non-hydrogen) atoms. The van der Waals surface area contributed by atoms with Gasteiger partial charge in [-0.1, -0.05) is 234 Å². The van der Waals surface area contributed by atoms with Crippen LogP contribution >= 0.6 is 0 Å². The second kappa shape index (κ2) is 21.0. The monoisotopic (exact) mass is 1270 g/mol. The van der Waals surface area contributed by atoms with E-state index in [1.807, 2.05) is 97.1 Å². The molecule has 0 fully saturated rings. The number of nitrogens with zero attached hydrogens (tertiary/aromatic N) is 5. The normalized spacial score (nSPS) is 16.5. The van der Waals surface area contributed by atoms with E-state index in [2.05, 4.69) is 137 Å². The van der Waals surface area contributed by atoms with Crippen molar-refractivity contribution in [2.45, 2.75) is 157 Å². The van der Waals surface area contributed by atoms with Crippen LogP contribution < -0.4 is 26.2 Å². The molecule has 3 aromatic heterocycles. The summed E-state index contributed by atoms with van der Waals surface area (Å²) in [5.41, 5.74) is 1.72. The number of benzene rings is 11. The Morgan fingerprint density at radius 1 is 0.260 bits per heavy atom. The molecular formula is C90H90BN5. The largest absolute Gasteiger partial charge is 0.311 e. The lowest BCUT2D eigenvalue weighted by Crippen LogP contribution is -2.61. The first-order valence-corrected chi connectivity index (χ1v) is 33.4. The quantitative estimate of drug-likeness (QED) is 0.160. The summed E-state index contributed by atoms with van der Waals surface area (Å²) < 4.78 is 193. The molecular weight excluding hydrogens is 1160 g/mol. The number of hydrogen-bond donors (Lipinski definition) is 0. The lowest BCUT2D eigenvalue weighted by Gasteiger charge is -2.44. The fraction of sp³-hybridized carbons (Fsp3) is 0.267. The third-order valence-electron chi connectivity index (χ3n) is 19.9. The summed E-state index contributed by atoms with van der Waals surface area (Å²) >= 11 is 0. The summed E-state index contributed by atoms with van der Waals surface area (Å²) in [6.45, 7) is 35.5. The van der Waals surface area contributed by atoms with Gasteiger partial charge in [0.1, 0.15) is 0 Å². The van der Waals surface area contributed by atoms with Gasteiger partial charge in [-0.2, -0.15) is 0 Å². The van der Waals surface area contributed by atoms with Gasteiger partial charge in [-0.25, -0.2) is 0 Å². The van der Waals surface area contributed by atoms with Gasteiger partial charge < -0.3 is 23.5 Å². The lowest BCUT2D eigenvalue weighted by molar-refractivity contribution is 0.590. The molecule has 2 aliphatic heterocycles. The Morgan fingerprint density at radius 2 is 0.542 bits per heavy atom. The topological polar surface area (TPSA) is 21.3 Å². The average molecular weight is 1270 g/mol. The molecule has 0 amide bonds. The van der Waals surface area contributed by atoms with Crippen LogP contribution in [0, 0.1) is 0 Å². The molecule has 0 aliphatic carbocycles. The number of aromatic nitrogens is 3. The highest BCUT2D eigenvalue weighted by molar-refractivity contribution is 7.00. The van der Waals surface area contributed by atoms with Gasteiger partial charge in [0.05, 0.1) is 63.5 Å².